The van der Waals surface area contributed by atoms with Crippen molar-refractivity contribution in [1.29, 1.82) is 5.26 Å². The van der Waals surface area contributed by atoms with E-state index in [9.17, 15) is 5.26 Å². The maximum absolute atomic E-state index is 9.55. The fraction of sp³-hybridized carbons (Fsp3) is 0.533. The monoisotopic (exact) mass is 252 g/mol. The number of aromatic nitrogens is 3. The van der Waals surface area contributed by atoms with Crippen LogP contribution in [0.15, 0.2) is 18.6 Å². The Kier molecular flexibility index (Phi) is 1.83. The van der Waals surface area contributed by atoms with Crippen LogP contribution in [0.3, 0.4) is 0 Å². The minimum atomic E-state index is -0.267. The average Bonchev–Trinajstić information content (AvgIpc) is 3.27. The molecular weight excluding hydrogens is 236 g/mol. The topological polar surface area (TPSA) is 54.0 Å². The summed E-state index contributed by atoms with van der Waals surface area (Å²) in [6, 6.07) is 2.54. The maximum atomic E-state index is 9.55. The number of hydrogen-bond donors (Lipinski definition) is 0. The first kappa shape index (κ1) is 11.0. The Balaban J connectivity index is 1.83. The average molecular weight is 252 g/mol. The van der Waals surface area contributed by atoms with E-state index >= 15 is 0 Å². The highest BCUT2D eigenvalue weighted by atomic mass is 15.1. The Labute approximate surface area is 112 Å². The van der Waals surface area contributed by atoms with Crippen LogP contribution in [0.2, 0.25) is 0 Å². The summed E-state index contributed by atoms with van der Waals surface area (Å²) in [4.78, 5) is 8.94. The Hall–Kier alpha value is -1.89. The van der Waals surface area contributed by atoms with Crippen LogP contribution in [-0.2, 0) is 5.41 Å². The lowest BCUT2D eigenvalue weighted by Crippen LogP contribution is -2.09. The third kappa shape index (κ3) is 1.28. The van der Waals surface area contributed by atoms with Crippen LogP contribution in [0.5, 0.6) is 0 Å². The number of nitrogens with zero attached hydrogens (tertiary/aromatic N) is 4. The molecule has 0 bridgehead atoms. The molecule has 4 heteroatoms. The van der Waals surface area contributed by atoms with Crippen molar-refractivity contribution in [2.45, 2.75) is 44.4 Å². The van der Waals surface area contributed by atoms with Crippen LogP contribution in [0.4, 0.5) is 0 Å². The largest absolute Gasteiger partial charge is 0.291 e. The minimum Gasteiger partial charge on any atom is -0.291 e. The third-order valence-corrected chi connectivity index (χ3v) is 4.84. The molecule has 2 saturated carbocycles. The van der Waals surface area contributed by atoms with Crippen molar-refractivity contribution < 1.29 is 0 Å². The molecule has 2 aromatic heterocycles. The number of fused-ring (bicyclic) bond motifs is 1. The van der Waals surface area contributed by atoms with Crippen molar-refractivity contribution in [3.63, 3.8) is 0 Å². The van der Waals surface area contributed by atoms with Gasteiger partial charge in [0.2, 0.25) is 5.78 Å². The quantitative estimate of drug-likeness (QED) is 0.825. The van der Waals surface area contributed by atoms with E-state index in [1.807, 2.05) is 16.8 Å². The van der Waals surface area contributed by atoms with E-state index in [0.717, 1.165) is 23.5 Å². The Bertz CT molecular complexity index is 717. The molecular formula is C15H16N4. The summed E-state index contributed by atoms with van der Waals surface area (Å²) in [5.74, 6) is 1.12. The molecule has 0 radical (unpaired) electrons. The van der Waals surface area contributed by atoms with Gasteiger partial charge in [-0.05, 0) is 30.6 Å². The molecule has 1 atom stereocenters. The molecule has 2 aliphatic carbocycles. The molecule has 0 aliphatic heterocycles. The van der Waals surface area contributed by atoms with E-state index in [4.69, 9.17) is 0 Å². The smallest absolute Gasteiger partial charge is 0.233 e. The molecule has 1 unspecified atom stereocenters. The Morgan fingerprint density at radius 2 is 2.16 bits per heavy atom. The van der Waals surface area contributed by atoms with E-state index in [1.165, 1.54) is 12.8 Å². The molecule has 1 spiro atoms. The number of imidazole rings is 1. The van der Waals surface area contributed by atoms with Crippen molar-refractivity contribution >= 4 is 5.78 Å². The molecule has 0 N–H and O–H groups in total. The van der Waals surface area contributed by atoms with Crippen molar-refractivity contribution in [2.24, 2.45) is 5.41 Å². The number of hydrogen-bond acceptors (Lipinski definition) is 3. The van der Waals surface area contributed by atoms with Gasteiger partial charge in [-0.3, -0.25) is 4.40 Å². The highest BCUT2D eigenvalue weighted by Gasteiger charge is 2.75. The zero-order chi connectivity index (χ0) is 13.3. The van der Waals surface area contributed by atoms with Gasteiger partial charge in [0.15, 0.2) is 0 Å². The highest BCUT2D eigenvalue weighted by molar-refractivity contribution is 5.49. The lowest BCUT2D eigenvalue weighted by atomic mass is 9.97. The molecule has 2 heterocycles. The first-order valence-electron chi connectivity index (χ1n) is 6.87. The number of nitriles is 1. The SMILES string of the molecule is CC(C)c1cn2cc(C3(C#N)CC34CC4)cnc2n1. The molecule has 0 aromatic carbocycles. The summed E-state index contributed by atoms with van der Waals surface area (Å²) in [5.41, 5.74) is 2.13. The minimum absolute atomic E-state index is 0.267. The zero-order valence-electron chi connectivity index (χ0n) is 11.2. The Morgan fingerprint density at radius 3 is 2.74 bits per heavy atom. The van der Waals surface area contributed by atoms with Crippen molar-refractivity contribution in [3.05, 3.63) is 29.8 Å². The predicted octanol–water partition coefficient (Wildman–Crippen LogP) is 2.80. The number of rotatable bonds is 2. The van der Waals surface area contributed by atoms with Crippen molar-refractivity contribution in [1.82, 2.24) is 14.4 Å². The normalized spacial score (nSPS) is 26.8. The molecule has 96 valence electrons. The molecule has 2 fully saturated rings. The lowest BCUT2D eigenvalue weighted by Gasteiger charge is -2.07. The van der Waals surface area contributed by atoms with E-state index in [2.05, 4.69) is 36.1 Å². The summed E-state index contributed by atoms with van der Waals surface area (Å²) in [6.45, 7) is 4.25. The van der Waals surface area contributed by atoms with Gasteiger partial charge in [0.05, 0.1) is 17.2 Å². The van der Waals surface area contributed by atoms with E-state index in [-0.39, 0.29) is 5.41 Å². The second-order valence-electron chi connectivity index (χ2n) is 6.34. The fourth-order valence-electron chi connectivity index (χ4n) is 3.25. The van der Waals surface area contributed by atoms with Crippen LogP contribution >= 0.6 is 0 Å². The van der Waals surface area contributed by atoms with Crippen molar-refractivity contribution in [3.8, 4) is 6.07 Å². The van der Waals surface area contributed by atoms with Gasteiger partial charge in [0.25, 0.3) is 0 Å². The van der Waals surface area contributed by atoms with Gasteiger partial charge in [-0.1, -0.05) is 13.8 Å². The van der Waals surface area contributed by atoms with E-state index in [0.29, 0.717) is 11.3 Å². The van der Waals surface area contributed by atoms with Crippen LogP contribution in [0, 0.1) is 16.7 Å². The van der Waals surface area contributed by atoms with Crippen LogP contribution in [-0.4, -0.2) is 14.4 Å². The Morgan fingerprint density at radius 1 is 1.37 bits per heavy atom. The van der Waals surface area contributed by atoms with Crippen LogP contribution in [0.25, 0.3) is 5.78 Å². The second-order valence-corrected chi connectivity index (χ2v) is 6.34. The standard InChI is InChI=1S/C15H16N4/c1-10(2)12-7-19-6-11(5-17-13(19)18-12)15(9-16)8-14(15)3-4-14/h5-7,10H,3-4,8H2,1-2H3. The van der Waals surface area contributed by atoms with Gasteiger partial charge in [-0.15, -0.1) is 0 Å². The summed E-state index contributed by atoms with van der Waals surface area (Å²) >= 11 is 0. The lowest BCUT2D eigenvalue weighted by molar-refractivity contribution is 0.728. The summed E-state index contributed by atoms with van der Waals surface area (Å²) < 4.78 is 1.97. The van der Waals surface area contributed by atoms with Gasteiger partial charge in [-0.2, -0.15) is 5.26 Å². The first-order chi connectivity index (χ1) is 9.10. The van der Waals surface area contributed by atoms with Gasteiger partial charge in [-0.25, -0.2) is 9.97 Å². The summed E-state index contributed by atoms with van der Waals surface area (Å²) in [5, 5.41) is 9.55. The van der Waals surface area contributed by atoms with Gasteiger partial charge in [0, 0.05) is 24.2 Å². The van der Waals surface area contributed by atoms with E-state index < -0.39 is 0 Å². The fourth-order valence-corrected chi connectivity index (χ4v) is 3.25. The van der Waals surface area contributed by atoms with Gasteiger partial charge < -0.3 is 0 Å². The highest BCUT2D eigenvalue weighted by Crippen LogP contribution is 2.78. The molecule has 4 nitrogen and oxygen atoms in total. The summed E-state index contributed by atoms with van der Waals surface area (Å²) in [7, 11) is 0. The molecule has 19 heavy (non-hydrogen) atoms. The van der Waals surface area contributed by atoms with Gasteiger partial charge in [0.1, 0.15) is 0 Å². The molecule has 4 rings (SSSR count). The molecule has 0 amide bonds. The second kappa shape index (κ2) is 3.16. The van der Waals surface area contributed by atoms with Crippen LogP contribution in [0.1, 0.15) is 50.3 Å². The predicted molar refractivity (Wildman–Crippen MR) is 70.7 cm³/mol. The van der Waals surface area contributed by atoms with E-state index in [1.54, 1.807) is 0 Å². The molecule has 0 saturated heterocycles. The maximum Gasteiger partial charge on any atom is 0.233 e. The van der Waals surface area contributed by atoms with Crippen LogP contribution < -0.4 is 0 Å². The molecule has 2 aliphatic rings. The summed E-state index contributed by atoms with van der Waals surface area (Å²) in [6.07, 6.45) is 9.33. The zero-order valence-corrected chi connectivity index (χ0v) is 11.2. The van der Waals surface area contributed by atoms with Crippen molar-refractivity contribution in [2.75, 3.05) is 0 Å². The van der Waals surface area contributed by atoms with Gasteiger partial charge >= 0.3 is 0 Å². The first-order valence-corrected chi connectivity index (χ1v) is 6.87. The molecule has 2 aromatic rings. The third-order valence-electron chi connectivity index (χ3n) is 4.84.